The Bertz CT molecular complexity index is 1230. The molecule has 0 spiro atoms. The van der Waals surface area contributed by atoms with Gasteiger partial charge in [-0.2, -0.15) is 0 Å². The van der Waals surface area contributed by atoms with Crippen LogP contribution in [-0.2, 0) is 17.8 Å². The van der Waals surface area contributed by atoms with Gasteiger partial charge in [-0.3, -0.25) is 9.59 Å². The number of amides is 2. The first-order valence-corrected chi connectivity index (χ1v) is 11.6. The van der Waals surface area contributed by atoms with Gasteiger partial charge in [-0.15, -0.1) is 0 Å². The molecule has 5 nitrogen and oxygen atoms in total. The molecule has 0 fully saturated rings. The summed E-state index contributed by atoms with van der Waals surface area (Å²) >= 11 is 6.18. The molecule has 5 rings (SSSR count). The Labute approximate surface area is 198 Å². The molecule has 0 saturated heterocycles. The molecule has 1 N–H and O–H groups in total. The van der Waals surface area contributed by atoms with Crippen LogP contribution in [0.15, 0.2) is 66.7 Å². The Balaban J connectivity index is 1.45. The third-order valence-corrected chi connectivity index (χ3v) is 6.76. The number of anilines is 1. The van der Waals surface area contributed by atoms with Gasteiger partial charge in [-0.25, -0.2) is 0 Å². The molecule has 1 heterocycles. The van der Waals surface area contributed by atoms with E-state index in [4.69, 9.17) is 16.3 Å². The predicted molar refractivity (Wildman–Crippen MR) is 129 cm³/mol. The highest BCUT2D eigenvalue weighted by Crippen LogP contribution is 2.38. The largest absolute Gasteiger partial charge is 0.481 e. The maximum atomic E-state index is 13.3. The zero-order valence-corrected chi connectivity index (χ0v) is 19.1. The molecule has 0 radical (unpaired) electrons. The van der Waals surface area contributed by atoms with Crippen LogP contribution >= 0.6 is 11.6 Å². The number of carbonyl (C=O) groups is 2. The van der Waals surface area contributed by atoms with Crippen molar-refractivity contribution in [1.82, 2.24) is 4.90 Å². The van der Waals surface area contributed by atoms with E-state index in [-0.39, 0.29) is 17.9 Å². The second-order valence-corrected chi connectivity index (χ2v) is 9.00. The Kier molecular flexibility index (Phi) is 5.81. The van der Waals surface area contributed by atoms with Gasteiger partial charge >= 0.3 is 0 Å². The number of benzene rings is 3. The summed E-state index contributed by atoms with van der Waals surface area (Å²) in [5, 5.41) is 3.32. The highest BCUT2D eigenvalue weighted by molar-refractivity contribution is 6.34. The van der Waals surface area contributed by atoms with E-state index in [0.717, 1.165) is 24.8 Å². The van der Waals surface area contributed by atoms with Crippen LogP contribution < -0.4 is 10.1 Å². The number of hydrogen-bond donors (Lipinski definition) is 1. The molecular formula is C27H25ClN2O3. The van der Waals surface area contributed by atoms with Crippen LogP contribution in [-0.4, -0.2) is 22.8 Å². The van der Waals surface area contributed by atoms with Crippen LogP contribution in [0, 0.1) is 0 Å². The Morgan fingerprint density at radius 2 is 1.85 bits per heavy atom. The summed E-state index contributed by atoms with van der Waals surface area (Å²) in [5.41, 5.74) is 4.44. The number of fused-ring (bicyclic) bond motifs is 2. The zero-order chi connectivity index (χ0) is 22.9. The van der Waals surface area contributed by atoms with E-state index in [1.165, 1.54) is 11.1 Å². The SMILES string of the molecule is CC1Oc2ccc(NC(=O)c3ccccc3Cl)cc2CN(C2CCCc3ccccc32)C1=O. The fourth-order valence-corrected chi connectivity index (χ4v) is 5.01. The Morgan fingerprint density at radius 1 is 1.06 bits per heavy atom. The van der Waals surface area contributed by atoms with Crippen LogP contribution in [0.2, 0.25) is 5.02 Å². The normalized spacial score (nSPS) is 19.7. The van der Waals surface area contributed by atoms with Gasteiger partial charge in [0.05, 0.1) is 23.2 Å². The summed E-state index contributed by atoms with van der Waals surface area (Å²) in [7, 11) is 0. The van der Waals surface area contributed by atoms with Crippen LogP contribution in [0.4, 0.5) is 5.69 Å². The van der Waals surface area contributed by atoms with Crippen molar-refractivity contribution in [3.8, 4) is 5.75 Å². The van der Waals surface area contributed by atoms with Crippen molar-refractivity contribution < 1.29 is 14.3 Å². The molecule has 2 amide bonds. The summed E-state index contributed by atoms with van der Waals surface area (Å²) in [5.74, 6) is 0.366. The lowest BCUT2D eigenvalue weighted by Crippen LogP contribution is -2.41. The molecule has 0 aromatic heterocycles. The van der Waals surface area contributed by atoms with Gasteiger partial charge in [-0.1, -0.05) is 48.0 Å². The zero-order valence-electron chi connectivity index (χ0n) is 18.4. The molecule has 2 unspecified atom stereocenters. The minimum atomic E-state index is -0.580. The lowest BCUT2D eigenvalue weighted by Gasteiger charge is -2.35. The third kappa shape index (κ3) is 4.21. The molecule has 6 heteroatoms. The van der Waals surface area contributed by atoms with Gasteiger partial charge in [0, 0.05) is 11.3 Å². The molecule has 168 valence electrons. The summed E-state index contributed by atoms with van der Waals surface area (Å²) < 4.78 is 6.02. The van der Waals surface area contributed by atoms with Crippen molar-refractivity contribution in [3.63, 3.8) is 0 Å². The molecule has 1 aliphatic carbocycles. The van der Waals surface area contributed by atoms with Gasteiger partial charge in [0.15, 0.2) is 6.10 Å². The lowest BCUT2D eigenvalue weighted by atomic mass is 9.86. The molecule has 0 bridgehead atoms. The van der Waals surface area contributed by atoms with Crippen molar-refractivity contribution in [2.45, 2.75) is 44.9 Å². The highest BCUT2D eigenvalue weighted by atomic mass is 35.5. The van der Waals surface area contributed by atoms with E-state index in [9.17, 15) is 9.59 Å². The third-order valence-electron chi connectivity index (χ3n) is 6.43. The quantitative estimate of drug-likeness (QED) is 0.539. The van der Waals surface area contributed by atoms with E-state index < -0.39 is 6.10 Å². The maximum absolute atomic E-state index is 13.3. The molecule has 2 aliphatic rings. The average molecular weight is 461 g/mol. The van der Waals surface area contributed by atoms with Gasteiger partial charge in [0.25, 0.3) is 11.8 Å². The van der Waals surface area contributed by atoms with E-state index >= 15 is 0 Å². The first kappa shape index (κ1) is 21.5. The van der Waals surface area contributed by atoms with Crippen LogP contribution in [0.3, 0.4) is 0 Å². The van der Waals surface area contributed by atoms with Crippen molar-refractivity contribution in [2.24, 2.45) is 0 Å². The van der Waals surface area contributed by atoms with Crippen LogP contribution in [0.25, 0.3) is 0 Å². The van der Waals surface area contributed by atoms with Gasteiger partial charge in [-0.05, 0) is 67.6 Å². The van der Waals surface area contributed by atoms with Crippen LogP contribution in [0.5, 0.6) is 5.75 Å². The van der Waals surface area contributed by atoms with E-state index in [0.29, 0.717) is 28.6 Å². The van der Waals surface area contributed by atoms with Gasteiger partial charge in [0.1, 0.15) is 5.75 Å². The van der Waals surface area contributed by atoms with Gasteiger partial charge in [0.2, 0.25) is 0 Å². The molecule has 3 aromatic rings. The number of aryl methyl sites for hydroxylation is 1. The number of hydrogen-bond acceptors (Lipinski definition) is 3. The number of nitrogens with zero attached hydrogens (tertiary/aromatic N) is 1. The topological polar surface area (TPSA) is 58.6 Å². The first-order chi connectivity index (χ1) is 16.0. The fourth-order valence-electron chi connectivity index (χ4n) is 4.79. The number of halogens is 1. The standard InChI is InChI=1S/C27H25ClN2O3/c1-17-27(32)30(24-12-6-8-18-7-2-3-9-21(18)24)16-19-15-20(13-14-25(19)33-17)29-26(31)22-10-4-5-11-23(22)28/h2-5,7,9-11,13-15,17,24H,6,8,12,16H2,1H3,(H,29,31). The summed E-state index contributed by atoms with van der Waals surface area (Å²) in [6.45, 7) is 2.22. The molecule has 33 heavy (non-hydrogen) atoms. The van der Waals surface area contributed by atoms with Crippen molar-refractivity contribution in [2.75, 3.05) is 5.32 Å². The first-order valence-electron chi connectivity index (χ1n) is 11.2. The summed E-state index contributed by atoms with van der Waals surface area (Å²) in [6.07, 6.45) is 2.43. The predicted octanol–water partition coefficient (Wildman–Crippen LogP) is 5.78. The van der Waals surface area contributed by atoms with Crippen molar-refractivity contribution in [3.05, 3.63) is 94.0 Å². The summed E-state index contributed by atoms with van der Waals surface area (Å²) in [6, 6.07) is 20.8. The van der Waals surface area contributed by atoms with E-state index in [1.807, 2.05) is 23.1 Å². The minimum Gasteiger partial charge on any atom is -0.481 e. The van der Waals surface area contributed by atoms with E-state index in [1.54, 1.807) is 37.3 Å². The maximum Gasteiger partial charge on any atom is 0.264 e. The molecule has 2 atom stereocenters. The Morgan fingerprint density at radius 3 is 2.70 bits per heavy atom. The number of ether oxygens (including phenoxy) is 1. The Hall–Kier alpha value is -3.31. The molecule has 0 saturated carbocycles. The second kappa shape index (κ2) is 8.91. The average Bonchev–Trinajstić information content (AvgIpc) is 2.95. The monoisotopic (exact) mass is 460 g/mol. The highest BCUT2D eigenvalue weighted by Gasteiger charge is 2.35. The fraction of sp³-hybridized carbons (Fsp3) is 0.259. The van der Waals surface area contributed by atoms with Crippen molar-refractivity contribution in [1.29, 1.82) is 0 Å². The number of carbonyl (C=O) groups excluding carboxylic acids is 2. The summed E-state index contributed by atoms with van der Waals surface area (Å²) in [4.78, 5) is 28.0. The minimum absolute atomic E-state index is 0.0147. The van der Waals surface area contributed by atoms with Gasteiger partial charge < -0.3 is 15.0 Å². The lowest BCUT2D eigenvalue weighted by molar-refractivity contribution is -0.140. The van der Waals surface area contributed by atoms with Crippen molar-refractivity contribution >= 4 is 29.1 Å². The number of nitrogens with one attached hydrogen (secondary N) is 1. The molecule has 3 aromatic carbocycles. The second-order valence-electron chi connectivity index (χ2n) is 8.59. The number of rotatable bonds is 3. The molecular weight excluding hydrogens is 436 g/mol. The van der Waals surface area contributed by atoms with Crippen LogP contribution in [0.1, 0.15) is 52.9 Å². The van der Waals surface area contributed by atoms with E-state index in [2.05, 4.69) is 23.5 Å². The molecule has 1 aliphatic heterocycles. The smallest absolute Gasteiger partial charge is 0.264 e.